The number of rotatable bonds is 3. The van der Waals surface area contributed by atoms with Gasteiger partial charge in [0, 0.05) is 19.0 Å². The summed E-state index contributed by atoms with van der Waals surface area (Å²) in [5, 5.41) is 0. The zero-order valence-electron chi connectivity index (χ0n) is 13.4. The lowest BCUT2D eigenvalue weighted by atomic mass is 9.80. The highest BCUT2D eigenvalue weighted by Crippen LogP contribution is 2.40. The summed E-state index contributed by atoms with van der Waals surface area (Å²) < 4.78 is 40.2. The topological polar surface area (TPSA) is 60.9 Å². The molecule has 1 aromatic carbocycles. The predicted molar refractivity (Wildman–Crippen MR) is 84.4 cm³/mol. The zero-order valence-corrected chi connectivity index (χ0v) is 13.4. The molecule has 1 aromatic heterocycles. The van der Waals surface area contributed by atoms with Crippen molar-refractivity contribution in [1.29, 1.82) is 0 Å². The number of carbonyl (C=O) groups is 1. The third-order valence-electron chi connectivity index (χ3n) is 5.04. The van der Waals surface area contributed by atoms with Crippen molar-refractivity contribution < 1.29 is 18.0 Å². The Kier molecular flexibility index (Phi) is 4.27. The molecule has 1 heterocycles. The zero-order chi connectivity index (χ0) is 17.5. The van der Waals surface area contributed by atoms with E-state index in [4.69, 9.17) is 5.73 Å². The summed E-state index contributed by atoms with van der Waals surface area (Å²) in [5.41, 5.74) is 7.26. The Bertz CT molecular complexity index is 758. The molecule has 0 saturated heterocycles. The van der Waals surface area contributed by atoms with Crippen molar-refractivity contribution in [3.63, 3.8) is 0 Å². The van der Waals surface area contributed by atoms with Gasteiger partial charge in [0.1, 0.15) is 5.82 Å². The molecule has 0 bridgehead atoms. The minimum Gasteiger partial charge on any atom is -0.366 e. The maximum Gasteiger partial charge on any atom is 0.391 e. The largest absolute Gasteiger partial charge is 0.391 e. The SMILES string of the molecule is Cn1c(CC2CCC(C(F)(F)F)CC2)nc2cc(C(N)=O)ccc21. The Morgan fingerprint density at radius 2 is 1.96 bits per heavy atom. The number of hydrogen-bond donors (Lipinski definition) is 1. The van der Waals surface area contributed by atoms with Gasteiger partial charge in [-0.2, -0.15) is 13.2 Å². The lowest BCUT2D eigenvalue weighted by molar-refractivity contribution is -0.183. The average molecular weight is 339 g/mol. The van der Waals surface area contributed by atoms with E-state index in [1.54, 1.807) is 18.2 Å². The second-order valence-corrected chi connectivity index (χ2v) is 6.62. The van der Waals surface area contributed by atoms with Gasteiger partial charge >= 0.3 is 6.18 Å². The van der Waals surface area contributed by atoms with Crippen LogP contribution in [0.5, 0.6) is 0 Å². The Morgan fingerprint density at radius 1 is 1.29 bits per heavy atom. The van der Waals surface area contributed by atoms with E-state index in [2.05, 4.69) is 4.98 Å². The second-order valence-electron chi connectivity index (χ2n) is 6.62. The summed E-state index contributed by atoms with van der Waals surface area (Å²) in [6, 6.07) is 5.11. The number of aromatic nitrogens is 2. The van der Waals surface area contributed by atoms with Crippen LogP contribution in [-0.4, -0.2) is 21.6 Å². The smallest absolute Gasteiger partial charge is 0.366 e. The van der Waals surface area contributed by atoms with Crippen LogP contribution in [0, 0.1) is 11.8 Å². The molecule has 130 valence electrons. The van der Waals surface area contributed by atoms with Crippen molar-refractivity contribution in [2.75, 3.05) is 0 Å². The van der Waals surface area contributed by atoms with E-state index in [9.17, 15) is 18.0 Å². The number of benzene rings is 1. The van der Waals surface area contributed by atoms with Crippen molar-refractivity contribution in [2.45, 2.75) is 38.3 Å². The van der Waals surface area contributed by atoms with E-state index in [1.807, 2.05) is 11.6 Å². The molecule has 1 aliphatic carbocycles. The Hall–Kier alpha value is -2.05. The van der Waals surface area contributed by atoms with Crippen LogP contribution in [0.2, 0.25) is 0 Å². The second kappa shape index (κ2) is 6.11. The highest BCUT2D eigenvalue weighted by molar-refractivity contribution is 5.96. The van der Waals surface area contributed by atoms with Gasteiger partial charge in [0.05, 0.1) is 17.0 Å². The van der Waals surface area contributed by atoms with Gasteiger partial charge in [0.15, 0.2) is 0 Å². The summed E-state index contributed by atoms with van der Waals surface area (Å²) in [6.45, 7) is 0. The first-order chi connectivity index (χ1) is 11.3. The Labute approximate surface area is 137 Å². The lowest BCUT2D eigenvalue weighted by Crippen LogP contribution is -2.28. The minimum atomic E-state index is -4.08. The maximum absolute atomic E-state index is 12.7. The summed E-state index contributed by atoms with van der Waals surface area (Å²) in [5.74, 6) is -0.612. The van der Waals surface area contributed by atoms with E-state index in [1.165, 1.54) is 0 Å². The van der Waals surface area contributed by atoms with Crippen LogP contribution in [0.4, 0.5) is 13.2 Å². The van der Waals surface area contributed by atoms with Gasteiger partial charge in [-0.1, -0.05) is 0 Å². The fourth-order valence-electron chi connectivity index (χ4n) is 3.54. The van der Waals surface area contributed by atoms with Crippen LogP contribution in [0.3, 0.4) is 0 Å². The van der Waals surface area contributed by atoms with Crippen LogP contribution in [-0.2, 0) is 13.5 Å². The Morgan fingerprint density at radius 3 is 2.54 bits per heavy atom. The van der Waals surface area contributed by atoms with E-state index in [0.29, 0.717) is 30.3 Å². The highest BCUT2D eigenvalue weighted by atomic mass is 19.4. The first kappa shape index (κ1) is 16.8. The van der Waals surface area contributed by atoms with Crippen molar-refractivity contribution >= 4 is 16.9 Å². The number of alkyl halides is 3. The van der Waals surface area contributed by atoms with Gasteiger partial charge in [-0.3, -0.25) is 4.79 Å². The van der Waals surface area contributed by atoms with E-state index >= 15 is 0 Å². The molecule has 1 fully saturated rings. The molecular formula is C17H20F3N3O. The molecule has 0 aliphatic heterocycles. The van der Waals surface area contributed by atoms with Crippen LogP contribution < -0.4 is 5.73 Å². The molecule has 4 nitrogen and oxygen atoms in total. The minimum absolute atomic E-state index is 0.198. The molecule has 0 unspecified atom stereocenters. The van der Waals surface area contributed by atoms with Crippen molar-refractivity contribution in [2.24, 2.45) is 24.6 Å². The molecule has 1 amide bonds. The fraction of sp³-hybridized carbons (Fsp3) is 0.529. The molecule has 0 radical (unpaired) electrons. The number of carbonyl (C=O) groups excluding carboxylic acids is 1. The number of nitrogens with two attached hydrogens (primary N) is 1. The van der Waals surface area contributed by atoms with Gasteiger partial charge in [0.2, 0.25) is 5.91 Å². The first-order valence-corrected chi connectivity index (χ1v) is 8.07. The number of nitrogens with zero attached hydrogens (tertiary/aromatic N) is 2. The summed E-state index contributed by atoms with van der Waals surface area (Å²) >= 11 is 0. The van der Waals surface area contributed by atoms with E-state index in [0.717, 1.165) is 11.3 Å². The number of primary amides is 1. The summed E-state index contributed by atoms with van der Waals surface area (Å²) in [7, 11) is 1.88. The van der Waals surface area contributed by atoms with Gasteiger partial charge in [-0.05, 0) is 49.8 Å². The van der Waals surface area contributed by atoms with Crippen molar-refractivity contribution in [1.82, 2.24) is 9.55 Å². The van der Waals surface area contributed by atoms with Gasteiger partial charge in [-0.15, -0.1) is 0 Å². The van der Waals surface area contributed by atoms with Gasteiger partial charge < -0.3 is 10.3 Å². The first-order valence-electron chi connectivity index (χ1n) is 8.07. The number of aryl methyl sites for hydroxylation is 1. The molecule has 2 aromatic rings. The summed E-state index contributed by atoms with van der Waals surface area (Å²) in [4.78, 5) is 15.8. The number of halogens is 3. The summed E-state index contributed by atoms with van der Waals surface area (Å²) in [6.07, 6.45) is -1.89. The molecule has 2 N–H and O–H groups in total. The Balaban J connectivity index is 1.74. The average Bonchev–Trinajstić information content (AvgIpc) is 2.82. The highest BCUT2D eigenvalue weighted by Gasteiger charge is 2.41. The molecule has 0 atom stereocenters. The van der Waals surface area contributed by atoms with Crippen LogP contribution in [0.1, 0.15) is 41.9 Å². The number of fused-ring (bicyclic) bond motifs is 1. The molecule has 1 saturated carbocycles. The monoisotopic (exact) mass is 339 g/mol. The predicted octanol–water partition coefficient (Wildman–Crippen LogP) is 3.58. The number of hydrogen-bond acceptors (Lipinski definition) is 2. The van der Waals surface area contributed by atoms with Crippen molar-refractivity contribution in [3.05, 3.63) is 29.6 Å². The normalized spacial score (nSPS) is 22.0. The maximum atomic E-state index is 12.7. The van der Waals surface area contributed by atoms with Gasteiger partial charge in [0.25, 0.3) is 0 Å². The quantitative estimate of drug-likeness (QED) is 0.929. The number of imidazole rings is 1. The molecule has 0 spiro atoms. The van der Waals surface area contributed by atoms with Gasteiger partial charge in [-0.25, -0.2) is 4.98 Å². The van der Waals surface area contributed by atoms with Crippen LogP contribution in [0.25, 0.3) is 11.0 Å². The fourth-order valence-corrected chi connectivity index (χ4v) is 3.54. The standard InChI is InChI=1S/C17H20F3N3O/c1-23-14-7-4-11(16(21)24)9-13(14)22-15(23)8-10-2-5-12(6-3-10)17(18,19)20/h4,7,9-10,12H,2-3,5-6,8H2,1H3,(H2,21,24). The molecule has 1 aliphatic rings. The van der Waals surface area contributed by atoms with Crippen molar-refractivity contribution in [3.8, 4) is 0 Å². The van der Waals surface area contributed by atoms with Crippen LogP contribution >= 0.6 is 0 Å². The van der Waals surface area contributed by atoms with Crippen LogP contribution in [0.15, 0.2) is 18.2 Å². The lowest BCUT2D eigenvalue weighted by Gasteiger charge is -2.29. The number of amides is 1. The molecule has 7 heteroatoms. The molecular weight excluding hydrogens is 319 g/mol. The van der Waals surface area contributed by atoms with E-state index < -0.39 is 18.0 Å². The van der Waals surface area contributed by atoms with E-state index in [-0.39, 0.29) is 18.8 Å². The third-order valence-corrected chi connectivity index (χ3v) is 5.04. The molecule has 3 rings (SSSR count). The molecule has 24 heavy (non-hydrogen) atoms. The third kappa shape index (κ3) is 3.25.